The first-order chi connectivity index (χ1) is 12.8. The molecule has 27 heavy (non-hydrogen) atoms. The summed E-state index contributed by atoms with van der Waals surface area (Å²) in [6, 6.07) is 16.9. The van der Waals surface area contributed by atoms with E-state index in [0.717, 1.165) is 16.2 Å². The van der Waals surface area contributed by atoms with Crippen molar-refractivity contribution in [1.29, 1.82) is 0 Å². The maximum Gasteiger partial charge on any atom is 0.281 e. The summed E-state index contributed by atoms with van der Waals surface area (Å²) in [5.74, 6) is 0.148. The Bertz CT molecular complexity index is 749. The number of imide groups is 1. The number of amides is 2. The standard InChI is InChI=1S/C22H28N2O3/c1-22(2,3)18-12-10-17(11-13-18)21(26)23-20(25)16-24(4)14-15-27-19-8-6-5-7-9-19/h5-13H,14-16H2,1-4H3,(H,23,25,26)/p+1. The van der Waals surface area contributed by atoms with E-state index >= 15 is 0 Å². The normalized spacial score (nSPS) is 12.3. The van der Waals surface area contributed by atoms with Crippen molar-refractivity contribution >= 4 is 11.8 Å². The SMILES string of the molecule is C[NH+](CCOc1ccccc1)CC(=O)NC(=O)c1ccc(C(C)(C)C)cc1. The number of carbonyl (C=O) groups is 2. The number of hydrogen-bond acceptors (Lipinski definition) is 3. The van der Waals surface area contributed by atoms with E-state index in [-0.39, 0.29) is 23.8 Å². The second kappa shape index (κ2) is 9.33. The second-order valence-corrected chi connectivity index (χ2v) is 7.75. The van der Waals surface area contributed by atoms with Gasteiger partial charge in [0.15, 0.2) is 6.54 Å². The van der Waals surface area contributed by atoms with Gasteiger partial charge in [0.05, 0.1) is 7.05 Å². The molecule has 2 amide bonds. The third-order valence-corrected chi connectivity index (χ3v) is 4.27. The first-order valence-electron chi connectivity index (χ1n) is 9.19. The molecule has 0 radical (unpaired) electrons. The quantitative estimate of drug-likeness (QED) is 0.783. The third-order valence-electron chi connectivity index (χ3n) is 4.27. The first-order valence-corrected chi connectivity index (χ1v) is 9.19. The molecule has 1 atom stereocenters. The zero-order chi connectivity index (χ0) is 19.9. The van der Waals surface area contributed by atoms with Crippen LogP contribution in [0.3, 0.4) is 0 Å². The molecule has 0 saturated carbocycles. The number of para-hydroxylation sites is 1. The van der Waals surface area contributed by atoms with E-state index in [9.17, 15) is 9.59 Å². The summed E-state index contributed by atoms with van der Waals surface area (Å²) >= 11 is 0. The Kier molecular flexibility index (Phi) is 7.13. The van der Waals surface area contributed by atoms with Gasteiger partial charge in [-0.3, -0.25) is 14.9 Å². The van der Waals surface area contributed by atoms with Crippen LogP contribution in [0.15, 0.2) is 54.6 Å². The van der Waals surface area contributed by atoms with E-state index in [2.05, 4.69) is 26.1 Å². The lowest BCUT2D eigenvalue weighted by Gasteiger charge is -2.19. The van der Waals surface area contributed by atoms with Crippen molar-refractivity contribution < 1.29 is 19.2 Å². The highest BCUT2D eigenvalue weighted by Gasteiger charge is 2.17. The monoisotopic (exact) mass is 369 g/mol. The van der Waals surface area contributed by atoms with Gasteiger partial charge in [0.25, 0.3) is 11.8 Å². The zero-order valence-electron chi connectivity index (χ0n) is 16.5. The molecule has 0 fully saturated rings. The molecule has 0 bridgehead atoms. The van der Waals surface area contributed by atoms with Gasteiger partial charge in [-0.2, -0.15) is 0 Å². The highest BCUT2D eigenvalue weighted by atomic mass is 16.5. The molecule has 2 aromatic rings. The molecule has 0 aliphatic heterocycles. The van der Waals surface area contributed by atoms with E-state index < -0.39 is 0 Å². The van der Waals surface area contributed by atoms with Crippen LogP contribution in [-0.2, 0) is 10.2 Å². The van der Waals surface area contributed by atoms with Crippen molar-refractivity contribution in [3.63, 3.8) is 0 Å². The molecule has 2 N–H and O–H groups in total. The summed E-state index contributed by atoms with van der Waals surface area (Å²) in [5.41, 5.74) is 1.66. The Morgan fingerprint density at radius 2 is 1.63 bits per heavy atom. The Morgan fingerprint density at radius 3 is 2.22 bits per heavy atom. The molecule has 2 aromatic carbocycles. The molecule has 0 aliphatic rings. The summed E-state index contributed by atoms with van der Waals surface area (Å²) in [6.45, 7) is 7.73. The van der Waals surface area contributed by atoms with Crippen LogP contribution in [0.1, 0.15) is 36.7 Å². The number of nitrogens with one attached hydrogen (secondary N) is 2. The molecule has 144 valence electrons. The Labute approximate surface area is 161 Å². The molecular formula is C22H29N2O3+. The number of benzene rings is 2. The van der Waals surface area contributed by atoms with Crippen molar-refractivity contribution in [2.45, 2.75) is 26.2 Å². The number of rotatable bonds is 7. The first kappa shape index (κ1) is 20.6. The van der Waals surface area contributed by atoms with E-state index in [1.54, 1.807) is 12.1 Å². The predicted octanol–water partition coefficient (Wildman–Crippen LogP) is 1.83. The molecule has 0 aliphatic carbocycles. The van der Waals surface area contributed by atoms with Gasteiger partial charge in [0.2, 0.25) is 0 Å². The second-order valence-electron chi connectivity index (χ2n) is 7.75. The predicted molar refractivity (Wildman–Crippen MR) is 106 cm³/mol. The summed E-state index contributed by atoms with van der Waals surface area (Å²) in [7, 11) is 1.90. The van der Waals surface area contributed by atoms with Gasteiger partial charge in [0, 0.05) is 5.56 Å². The molecule has 5 heteroatoms. The molecule has 0 heterocycles. The fourth-order valence-corrected chi connectivity index (χ4v) is 2.59. The Balaban J connectivity index is 1.76. The van der Waals surface area contributed by atoms with Crippen LogP contribution in [0, 0.1) is 0 Å². The summed E-state index contributed by atoms with van der Waals surface area (Å²) in [5, 5.41) is 2.45. The van der Waals surface area contributed by atoms with Gasteiger partial charge in [-0.1, -0.05) is 51.1 Å². The molecule has 0 saturated heterocycles. The highest BCUT2D eigenvalue weighted by Crippen LogP contribution is 2.22. The fourth-order valence-electron chi connectivity index (χ4n) is 2.59. The smallest absolute Gasteiger partial charge is 0.281 e. The fraction of sp³-hybridized carbons (Fsp3) is 0.364. The zero-order valence-corrected chi connectivity index (χ0v) is 16.5. The van der Waals surface area contributed by atoms with Crippen LogP contribution >= 0.6 is 0 Å². The maximum absolute atomic E-state index is 12.2. The minimum Gasteiger partial charge on any atom is -0.488 e. The van der Waals surface area contributed by atoms with Crippen LogP contribution in [0.4, 0.5) is 0 Å². The lowest BCUT2D eigenvalue weighted by atomic mass is 9.87. The molecule has 5 nitrogen and oxygen atoms in total. The van der Waals surface area contributed by atoms with E-state index in [0.29, 0.717) is 18.7 Å². The van der Waals surface area contributed by atoms with Crippen LogP contribution in [0.25, 0.3) is 0 Å². The van der Waals surface area contributed by atoms with E-state index in [1.165, 1.54) is 0 Å². The minimum absolute atomic E-state index is 0.0265. The summed E-state index contributed by atoms with van der Waals surface area (Å²) < 4.78 is 5.63. The summed E-state index contributed by atoms with van der Waals surface area (Å²) in [4.78, 5) is 25.3. The lowest BCUT2D eigenvalue weighted by molar-refractivity contribution is -0.871. The molecule has 2 rings (SSSR count). The number of hydrogen-bond donors (Lipinski definition) is 2. The van der Waals surface area contributed by atoms with Crippen molar-refractivity contribution in [3.05, 3.63) is 65.7 Å². The van der Waals surface area contributed by atoms with Gasteiger partial charge in [-0.15, -0.1) is 0 Å². The van der Waals surface area contributed by atoms with Crippen LogP contribution in [-0.4, -0.2) is 38.6 Å². The third kappa shape index (κ3) is 6.87. The Hall–Kier alpha value is -2.66. The molecule has 0 aromatic heterocycles. The Morgan fingerprint density at radius 1 is 1.00 bits per heavy atom. The number of carbonyl (C=O) groups excluding carboxylic acids is 2. The minimum atomic E-state index is -0.367. The summed E-state index contributed by atoms with van der Waals surface area (Å²) in [6.07, 6.45) is 0. The van der Waals surface area contributed by atoms with Crippen LogP contribution < -0.4 is 15.0 Å². The van der Waals surface area contributed by atoms with Crippen LogP contribution in [0.2, 0.25) is 0 Å². The van der Waals surface area contributed by atoms with Gasteiger partial charge in [0.1, 0.15) is 18.9 Å². The van der Waals surface area contributed by atoms with Crippen molar-refractivity contribution in [1.82, 2.24) is 5.32 Å². The number of quaternary nitrogens is 1. The number of likely N-dealkylation sites (N-methyl/N-ethyl adjacent to an activating group) is 1. The van der Waals surface area contributed by atoms with Crippen LogP contribution in [0.5, 0.6) is 5.75 Å². The molecular weight excluding hydrogens is 340 g/mol. The average Bonchev–Trinajstić information content (AvgIpc) is 2.61. The lowest BCUT2D eigenvalue weighted by Crippen LogP contribution is -3.10. The van der Waals surface area contributed by atoms with Gasteiger partial charge < -0.3 is 9.64 Å². The molecule has 0 spiro atoms. The van der Waals surface area contributed by atoms with Gasteiger partial charge in [-0.25, -0.2) is 0 Å². The van der Waals surface area contributed by atoms with Crippen molar-refractivity contribution in [3.8, 4) is 5.75 Å². The molecule has 1 unspecified atom stereocenters. The number of ether oxygens (including phenoxy) is 1. The largest absolute Gasteiger partial charge is 0.488 e. The van der Waals surface area contributed by atoms with Gasteiger partial charge >= 0.3 is 0 Å². The topological polar surface area (TPSA) is 59.8 Å². The van der Waals surface area contributed by atoms with E-state index in [1.807, 2.05) is 49.5 Å². The van der Waals surface area contributed by atoms with Crippen molar-refractivity contribution in [2.24, 2.45) is 0 Å². The van der Waals surface area contributed by atoms with Crippen molar-refractivity contribution in [2.75, 3.05) is 26.7 Å². The maximum atomic E-state index is 12.2. The van der Waals surface area contributed by atoms with Gasteiger partial charge in [-0.05, 0) is 35.2 Å². The highest BCUT2D eigenvalue weighted by molar-refractivity contribution is 6.04. The average molecular weight is 369 g/mol. The van der Waals surface area contributed by atoms with E-state index in [4.69, 9.17) is 4.74 Å².